The van der Waals surface area contributed by atoms with E-state index < -0.39 is 17.5 Å². The first-order valence-electron chi connectivity index (χ1n) is 11.4. The first-order valence-corrected chi connectivity index (χ1v) is 11.4. The molecule has 4 amide bonds. The fourth-order valence-electron chi connectivity index (χ4n) is 4.59. The van der Waals surface area contributed by atoms with Crippen LogP contribution in [0.2, 0.25) is 0 Å². The molecule has 2 aromatic carbocycles. The Kier molecular flexibility index (Phi) is 5.91. The van der Waals surface area contributed by atoms with Crippen molar-refractivity contribution in [2.45, 2.75) is 18.6 Å². The number of likely N-dealkylation sites (N-methyl/N-ethyl adjacent to an activating group) is 1. The summed E-state index contributed by atoms with van der Waals surface area (Å²) in [7, 11) is 3.44. The molecule has 1 fully saturated rings. The third-order valence-corrected chi connectivity index (χ3v) is 6.45. The molecule has 0 aliphatic carbocycles. The van der Waals surface area contributed by atoms with E-state index in [1.807, 2.05) is 31.3 Å². The second kappa shape index (κ2) is 9.05. The predicted molar refractivity (Wildman–Crippen MR) is 128 cm³/mol. The summed E-state index contributed by atoms with van der Waals surface area (Å²) >= 11 is 0. The van der Waals surface area contributed by atoms with Gasteiger partial charge in [-0.2, -0.15) is 0 Å². The highest BCUT2D eigenvalue weighted by Crippen LogP contribution is 2.35. The Balaban J connectivity index is 1.44. The van der Waals surface area contributed by atoms with Gasteiger partial charge in [-0.05, 0) is 48.5 Å². The molecule has 10 heteroatoms. The van der Waals surface area contributed by atoms with Crippen LogP contribution in [-0.2, 0) is 23.4 Å². The van der Waals surface area contributed by atoms with Gasteiger partial charge in [0.05, 0.1) is 13.7 Å². The number of nitrogens with one attached hydrogen (secondary N) is 4. The average Bonchev–Trinajstić information content (AvgIpc) is 3.50. The van der Waals surface area contributed by atoms with Crippen molar-refractivity contribution in [1.82, 2.24) is 26.2 Å². The minimum absolute atomic E-state index is 0.0708. The molecule has 0 unspecified atom stereocenters. The number of carbonyl (C=O) groups excluding carboxylic acids is 3. The summed E-state index contributed by atoms with van der Waals surface area (Å²) in [5.41, 5.74) is 1.46. The Morgan fingerprint density at radius 3 is 2.71 bits per heavy atom. The van der Waals surface area contributed by atoms with Gasteiger partial charge in [-0.15, -0.1) is 0 Å². The lowest BCUT2D eigenvalue weighted by Crippen LogP contribution is -2.52. The second-order valence-electron chi connectivity index (χ2n) is 8.76. The van der Waals surface area contributed by atoms with E-state index in [0.29, 0.717) is 30.0 Å². The molecule has 3 heterocycles. The van der Waals surface area contributed by atoms with Crippen molar-refractivity contribution in [3.8, 4) is 5.75 Å². The molecule has 0 radical (unpaired) electrons. The SMILES string of the molecule is CNCCNCc1ccc2oc([C@]3(CN4Cc5ccc(OC)cc5C4=O)NC(=O)NC3=O)cc2c1. The van der Waals surface area contributed by atoms with Crippen LogP contribution < -0.4 is 26.0 Å². The molecular formula is C25H27N5O5. The monoisotopic (exact) mass is 477 g/mol. The summed E-state index contributed by atoms with van der Waals surface area (Å²) in [6.45, 7) is 2.62. The van der Waals surface area contributed by atoms with Gasteiger partial charge >= 0.3 is 6.03 Å². The van der Waals surface area contributed by atoms with Crippen molar-refractivity contribution in [3.63, 3.8) is 0 Å². The number of ether oxygens (including phenoxy) is 1. The number of amides is 4. The van der Waals surface area contributed by atoms with Crippen molar-refractivity contribution < 1.29 is 23.5 Å². The zero-order valence-corrected chi connectivity index (χ0v) is 19.6. The molecule has 10 nitrogen and oxygen atoms in total. The molecule has 1 saturated heterocycles. The van der Waals surface area contributed by atoms with Crippen molar-refractivity contribution in [2.75, 3.05) is 33.8 Å². The molecular weight excluding hydrogens is 450 g/mol. The van der Waals surface area contributed by atoms with Crippen molar-refractivity contribution in [3.05, 3.63) is 64.9 Å². The predicted octanol–water partition coefficient (Wildman–Crippen LogP) is 1.44. The topological polar surface area (TPSA) is 125 Å². The average molecular weight is 478 g/mol. The van der Waals surface area contributed by atoms with Crippen LogP contribution in [0.5, 0.6) is 5.75 Å². The van der Waals surface area contributed by atoms with E-state index in [1.54, 1.807) is 23.1 Å². The van der Waals surface area contributed by atoms with E-state index in [0.717, 1.165) is 29.6 Å². The summed E-state index contributed by atoms with van der Waals surface area (Å²) in [4.78, 5) is 40.0. The van der Waals surface area contributed by atoms with E-state index >= 15 is 0 Å². The number of furan rings is 1. The number of hydrogen-bond donors (Lipinski definition) is 4. The maximum Gasteiger partial charge on any atom is 0.322 e. The van der Waals surface area contributed by atoms with Gasteiger partial charge < -0.3 is 30.0 Å². The summed E-state index contributed by atoms with van der Waals surface area (Å²) < 4.78 is 11.3. The fraction of sp³-hybridized carbons (Fsp3) is 0.320. The van der Waals surface area contributed by atoms with E-state index in [9.17, 15) is 14.4 Å². The van der Waals surface area contributed by atoms with Crippen LogP contribution in [0.1, 0.15) is 27.2 Å². The van der Waals surface area contributed by atoms with Gasteiger partial charge in [-0.25, -0.2) is 4.79 Å². The van der Waals surface area contributed by atoms with Crippen LogP contribution in [0.4, 0.5) is 4.79 Å². The smallest absolute Gasteiger partial charge is 0.322 e. The first-order chi connectivity index (χ1) is 16.9. The Bertz CT molecular complexity index is 1320. The van der Waals surface area contributed by atoms with E-state index in [4.69, 9.17) is 9.15 Å². The van der Waals surface area contributed by atoms with Crippen LogP contribution >= 0.6 is 0 Å². The Morgan fingerprint density at radius 1 is 1.11 bits per heavy atom. The lowest BCUT2D eigenvalue weighted by Gasteiger charge is -2.29. The first kappa shape index (κ1) is 22.9. The molecule has 0 spiro atoms. The number of rotatable bonds is 9. The van der Waals surface area contributed by atoms with E-state index in [-0.39, 0.29) is 18.2 Å². The summed E-state index contributed by atoms with van der Waals surface area (Å²) in [5, 5.41) is 12.3. The van der Waals surface area contributed by atoms with Crippen molar-refractivity contribution >= 4 is 28.8 Å². The van der Waals surface area contributed by atoms with Crippen LogP contribution in [-0.4, -0.2) is 56.5 Å². The fourth-order valence-corrected chi connectivity index (χ4v) is 4.59. The third kappa shape index (κ3) is 4.11. The quantitative estimate of drug-likeness (QED) is 0.272. The van der Waals surface area contributed by atoms with Gasteiger partial charge in [0.25, 0.3) is 11.8 Å². The van der Waals surface area contributed by atoms with Gasteiger partial charge in [0, 0.05) is 37.1 Å². The second-order valence-corrected chi connectivity index (χ2v) is 8.76. The number of nitrogens with zero attached hydrogens (tertiary/aromatic N) is 1. The number of hydrogen-bond acceptors (Lipinski definition) is 7. The van der Waals surface area contributed by atoms with Gasteiger partial charge in [0.1, 0.15) is 17.1 Å². The van der Waals surface area contributed by atoms with Crippen molar-refractivity contribution in [1.29, 1.82) is 0 Å². The summed E-state index contributed by atoms with van der Waals surface area (Å²) in [6.07, 6.45) is 0. The minimum Gasteiger partial charge on any atom is -0.497 e. The maximum absolute atomic E-state index is 13.2. The summed E-state index contributed by atoms with van der Waals surface area (Å²) in [6, 6.07) is 12.2. The molecule has 2 aliphatic rings. The molecule has 4 N–H and O–H groups in total. The largest absolute Gasteiger partial charge is 0.497 e. The molecule has 182 valence electrons. The zero-order chi connectivity index (χ0) is 24.6. The lowest BCUT2D eigenvalue weighted by molar-refractivity contribution is -0.125. The van der Waals surface area contributed by atoms with Crippen molar-refractivity contribution in [2.24, 2.45) is 0 Å². The van der Waals surface area contributed by atoms with Gasteiger partial charge in [0.2, 0.25) is 0 Å². The Hall–Kier alpha value is -3.89. The molecule has 35 heavy (non-hydrogen) atoms. The normalized spacial score (nSPS) is 19.3. The molecule has 2 aliphatic heterocycles. The minimum atomic E-state index is -1.54. The highest BCUT2D eigenvalue weighted by atomic mass is 16.5. The number of imide groups is 1. The van der Waals surface area contributed by atoms with Gasteiger partial charge in [-0.1, -0.05) is 12.1 Å². The van der Waals surface area contributed by atoms with Crippen LogP contribution in [0.3, 0.4) is 0 Å². The van der Waals surface area contributed by atoms with Crippen LogP contribution in [0.25, 0.3) is 11.0 Å². The molecule has 0 bridgehead atoms. The highest BCUT2D eigenvalue weighted by molar-refractivity contribution is 6.08. The molecule has 5 rings (SSSR count). The molecule has 3 aromatic rings. The number of urea groups is 1. The summed E-state index contributed by atoms with van der Waals surface area (Å²) in [5.74, 6) is 0.0571. The highest BCUT2D eigenvalue weighted by Gasteiger charge is 2.53. The van der Waals surface area contributed by atoms with Gasteiger partial charge in [0.15, 0.2) is 5.54 Å². The number of methoxy groups -OCH3 is 1. The Morgan fingerprint density at radius 2 is 1.97 bits per heavy atom. The lowest BCUT2D eigenvalue weighted by atomic mass is 9.95. The number of benzene rings is 2. The van der Waals surface area contributed by atoms with Gasteiger partial charge in [-0.3, -0.25) is 14.9 Å². The standard InChI is InChI=1S/C25H27N5O5/c1-26-7-8-27-12-15-3-6-20-17(9-15)10-21(35-20)25(23(32)28-24(33)29-25)14-30-13-16-4-5-18(34-2)11-19(16)22(30)31/h3-6,9-11,26-27H,7-8,12-14H2,1-2H3,(H2,28,29,32,33)/t25-/m0/s1. The van der Waals surface area contributed by atoms with Crippen LogP contribution in [0, 0.1) is 0 Å². The van der Waals surface area contributed by atoms with E-state index in [2.05, 4.69) is 21.3 Å². The maximum atomic E-state index is 13.2. The molecule has 1 aromatic heterocycles. The Labute approximate surface area is 202 Å². The number of carbonyl (C=O) groups is 3. The molecule has 0 saturated carbocycles. The van der Waals surface area contributed by atoms with Crippen LogP contribution in [0.15, 0.2) is 46.9 Å². The molecule has 1 atom stereocenters. The zero-order valence-electron chi connectivity index (χ0n) is 19.6. The van der Waals surface area contributed by atoms with E-state index in [1.165, 1.54) is 7.11 Å². The third-order valence-electron chi connectivity index (χ3n) is 6.45. The number of fused-ring (bicyclic) bond motifs is 2.